The maximum atomic E-state index is 11.1. The maximum Gasteiger partial charge on any atom is 0.355 e. The third-order valence-corrected chi connectivity index (χ3v) is 4.36. The van der Waals surface area contributed by atoms with Crippen molar-refractivity contribution in [3.05, 3.63) is 45.4 Å². The van der Waals surface area contributed by atoms with Gasteiger partial charge in [0.1, 0.15) is 10.8 Å². The summed E-state index contributed by atoms with van der Waals surface area (Å²) in [4.78, 5) is 16.1. The van der Waals surface area contributed by atoms with Gasteiger partial charge in [-0.1, -0.05) is 18.2 Å². The van der Waals surface area contributed by atoms with Gasteiger partial charge in [-0.25, -0.2) is 9.78 Å². The lowest BCUT2D eigenvalue weighted by molar-refractivity contribution is 0.0690. The summed E-state index contributed by atoms with van der Waals surface area (Å²) in [6.07, 6.45) is 0.836. The molecule has 1 aliphatic rings. The van der Waals surface area contributed by atoms with E-state index < -0.39 is 5.97 Å². The minimum absolute atomic E-state index is 0.141. The first kappa shape index (κ1) is 12.2. The summed E-state index contributed by atoms with van der Waals surface area (Å²) >= 11 is 1.47. The molecule has 1 N–H and O–H groups in total. The Morgan fingerprint density at radius 1 is 1.47 bits per heavy atom. The van der Waals surface area contributed by atoms with Crippen LogP contribution < -0.4 is 4.74 Å². The number of aromatic nitrogens is 1. The molecule has 1 aromatic heterocycles. The van der Waals surface area contributed by atoms with Gasteiger partial charge >= 0.3 is 5.97 Å². The van der Waals surface area contributed by atoms with Crippen molar-refractivity contribution < 1.29 is 14.6 Å². The molecular formula is C14H13NO3S. The quantitative estimate of drug-likeness (QED) is 0.915. The highest BCUT2D eigenvalue weighted by Crippen LogP contribution is 2.39. The number of carboxylic acids is 1. The van der Waals surface area contributed by atoms with Gasteiger partial charge in [0.15, 0.2) is 5.69 Å². The largest absolute Gasteiger partial charge is 0.493 e. The van der Waals surface area contributed by atoms with Crippen molar-refractivity contribution in [3.8, 4) is 5.75 Å². The van der Waals surface area contributed by atoms with E-state index in [-0.39, 0.29) is 11.6 Å². The molecule has 0 bridgehead atoms. The molecule has 1 unspecified atom stereocenters. The van der Waals surface area contributed by atoms with Crippen LogP contribution in [-0.2, 0) is 0 Å². The fourth-order valence-electron chi connectivity index (χ4n) is 2.36. The monoisotopic (exact) mass is 275 g/mol. The molecule has 0 spiro atoms. The van der Waals surface area contributed by atoms with Gasteiger partial charge in [-0.15, -0.1) is 11.3 Å². The van der Waals surface area contributed by atoms with Crippen molar-refractivity contribution in [2.24, 2.45) is 0 Å². The number of carbonyl (C=O) groups is 1. The number of benzene rings is 1. The molecule has 0 radical (unpaired) electrons. The number of ether oxygens (including phenoxy) is 1. The van der Waals surface area contributed by atoms with Crippen molar-refractivity contribution in [1.29, 1.82) is 0 Å². The van der Waals surface area contributed by atoms with E-state index >= 15 is 0 Å². The summed E-state index contributed by atoms with van der Waals surface area (Å²) in [7, 11) is 0. The van der Waals surface area contributed by atoms with E-state index in [4.69, 9.17) is 9.84 Å². The summed E-state index contributed by atoms with van der Waals surface area (Å²) in [5.41, 5.74) is 1.27. The topological polar surface area (TPSA) is 59.4 Å². The molecule has 5 heteroatoms. The zero-order valence-corrected chi connectivity index (χ0v) is 11.2. The summed E-state index contributed by atoms with van der Waals surface area (Å²) in [5, 5.41) is 9.96. The van der Waals surface area contributed by atoms with E-state index in [0.29, 0.717) is 6.61 Å². The van der Waals surface area contributed by atoms with E-state index in [0.717, 1.165) is 27.6 Å². The minimum atomic E-state index is -0.958. The second-order valence-corrected chi connectivity index (χ2v) is 5.72. The van der Waals surface area contributed by atoms with Crippen LogP contribution in [0.2, 0.25) is 0 Å². The van der Waals surface area contributed by atoms with Crippen LogP contribution in [0.4, 0.5) is 0 Å². The molecule has 2 heterocycles. The van der Waals surface area contributed by atoms with Crippen molar-refractivity contribution in [1.82, 2.24) is 4.98 Å². The van der Waals surface area contributed by atoms with Crippen LogP contribution >= 0.6 is 11.3 Å². The number of thiazole rings is 1. The maximum absolute atomic E-state index is 11.1. The Bertz CT molecular complexity index is 635. The van der Waals surface area contributed by atoms with Crippen molar-refractivity contribution in [2.75, 3.05) is 6.61 Å². The highest BCUT2D eigenvalue weighted by Gasteiger charge is 2.27. The van der Waals surface area contributed by atoms with E-state index in [1.165, 1.54) is 11.3 Å². The second-order valence-electron chi connectivity index (χ2n) is 4.49. The number of carboxylic acid groups (broad SMARTS) is 1. The predicted octanol–water partition coefficient (Wildman–Crippen LogP) is 3.06. The molecule has 98 valence electrons. The molecule has 2 aromatic rings. The lowest BCUT2D eigenvalue weighted by Crippen LogP contribution is -2.15. The first-order valence-corrected chi connectivity index (χ1v) is 6.91. The van der Waals surface area contributed by atoms with Gasteiger partial charge in [0.2, 0.25) is 0 Å². The first-order chi connectivity index (χ1) is 9.16. The molecule has 0 fully saturated rings. The third kappa shape index (κ3) is 2.10. The fraction of sp³-hybridized carbons (Fsp3) is 0.286. The van der Waals surface area contributed by atoms with Gasteiger partial charge in [-0.3, -0.25) is 0 Å². The van der Waals surface area contributed by atoms with E-state index in [1.807, 2.05) is 24.3 Å². The van der Waals surface area contributed by atoms with Crippen molar-refractivity contribution in [3.63, 3.8) is 0 Å². The van der Waals surface area contributed by atoms with E-state index in [9.17, 15) is 4.79 Å². The van der Waals surface area contributed by atoms with Crippen molar-refractivity contribution in [2.45, 2.75) is 19.3 Å². The summed E-state index contributed by atoms with van der Waals surface area (Å²) in [6.45, 7) is 2.44. The fourth-order valence-corrected chi connectivity index (χ4v) is 3.43. The minimum Gasteiger partial charge on any atom is -0.493 e. The molecule has 1 atom stereocenters. The van der Waals surface area contributed by atoms with Crippen LogP contribution in [-0.4, -0.2) is 22.7 Å². The van der Waals surface area contributed by atoms with Crippen LogP contribution in [0.3, 0.4) is 0 Å². The van der Waals surface area contributed by atoms with Crippen molar-refractivity contribution >= 4 is 17.3 Å². The number of fused-ring (bicyclic) bond motifs is 1. The van der Waals surface area contributed by atoms with Gasteiger partial charge in [-0.2, -0.15) is 0 Å². The number of hydrogen-bond donors (Lipinski definition) is 1. The lowest BCUT2D eigenvalue weighted by Gasteiger charge is -2.24. The molecule has 0 amide bonds. The Labute approximate surface area is 114 Å². The summed E-state index contributed by atoms with van der Waals surface area (Å²) < 4.78 is 5.62. The molecule has 0 saturated carbocycles. The molecular weight excluding hydrogens is 262 g/mol. The average Bonchev–Trinajstić information content (AvgIpc) is 2.80. The number of hydrogen-bond acceptors (Lipinski definition) is 4. The predicted molar refractivity (Wildman–Crippen MR) is 72.2 cm³/mol. The molecule has 4 nitrogen and oxygen atoms in total. The van der Waals surface area contributed by atoms with Crippen LogP contribution in [0.25, 0.3) is 0 Å². The number of para-hydroxylation sites is 1. The Kier molecular flexibility index (Phi) is 2.98. The highest BCUT2D eigenvalue weighted by atomic mass is 32.1. The Morgan fingerprint density at radius 2 is 2.26 bits per heavy atom. The molecule has 1 aliphatic heterocycles. The van der Waals surface area contributed by atoms with Gasteiger partial charge in [0.05, 0.1) is 6.61 Å². The van der Waals surface area contributed by atoms with E-state index in [1.54, 1.807) is 6.92 Å². The SMILES string of the molecule is Cc1sc(C2CCOc3ccccc32)nc1C(=O)O. The van der Waals surface area contributed by atoms with Crippen LogP contribution in [0.5, 0.6) is 5.75 Å². The van der Waals surface area contributed by atoms with Gasteiger partial charge < -0.3 is 9.84 Å². The molecule has 1 aromatic carbocycles. The van der Waals surface area contributed by atoms with Crippen LogP contribution in [0.1, 0.15) is 38.3 Å². The smallest absolute Gasteiger partial charge is 0.355 e. The van der Waals surface area contributed by atoms with Gasteiger partial charge in [-0.05, 0) is 19.4 Å². The number of nitrogens with zero attached hydrogens (tertiary/aromatic N) is 1. The van der Waals surface area contributed by atoms with Crippen LogP contribution in [0.15, 0.2) is 24.3 Å². The molecule has 0 saturated heterocycles. The third-order valence-electron chi connectivity index (χ3n) is 3.27. The average molecular weight is 275 g/mol. The second kappa shape index (κ2) is 4.66. The van der Waals surface area contributed by atoms with E-state index in [2.05, 4.69) is 4.98 Å². The number of aryl methyl sites for hydroxylation is 1. The molecule has 3 rings (SSSR count). The zero-order chi connectivity index (χ0) is 13.4. The number of aromatic carboxylic acids is 1. The van der Waals surface area contributed by atoms with Crippen LogP contribution in [0, 0.1) is 6.92 Å². The normalized spacial score (nSPS) is 17.6. The highest BCUT2D eigenvalue weighted by molar-refractivity contribution is 7.12. The zero-order valence-electron chi connectivity index (χ0n) is 10.4. The molecule has 0 aliphatic carbocycles. The summed E-state index contributed by atoms with van der Waals surface area (Å²) in [6, 6.07) is 7.88. The lowest BCUT2D eigenvalue weighted by atomic mass is 9.94. The van der Waals surface area contributed by atoms with Gasteiger partial charge in [0, 0.05) is 16.4 Å². The first-order valence-electron chi connectivity index (χ1n) is 6.09. The Hall–Kier alpha value is -1.88. The Balaban J connectivity index is 2.04. The Morgan fingerprint density at radius 3 is 3.00 bits per heavy atom. The van der Waals surface area contributed by atoms with Gasteiger partial charge in [0.25, 0.3) is 0 Å². The standard InChI is InChI=1S/C14H13NO3S/c1-8-12(14(16)17)15-13(19-8)10-6-7-18-11-5-3-2-4-9(10)11/h2-5,10H,6-7H2,1H3,(H,16,17). The summed E-state index contributed by atoms with van der Waals surface area (Å²) in [5.74, 6) is 0.0607. The number of rotatable bonds is 2. The molecule has 19 heavy (non-hydrogen) atoms.